The Morgan fingerprint density at radius 1 is 1.12 bits per heavy atom. The van der Waals surface area contributed by atoms with E-state index in [1.165, 1.54) is 0 Å². The lowest BCUT2D eigenvalue weighted by Crippen LogP contribution is -2.34. The van der Waals surface area contributed by atoms with Gasteiger partial charge in [-0.2, -0.15) is 4.31 Å². The monoisotopic (exact) mass is 378 g/mol. The van der Waals surface area contributed by atoms with Gasteiger partial charge in [-0.25, -0.2) is 13.4 Å². The van der Waals surface area contributed by atoms with Gasteiger partial charge in [0.15, 0.2) is 0 Å². The molecule has 0 aliphatic carbocycles. The highest BCUT2D eigenvalue weighted by Crippen LogP contribution is 2.35. The number of hydrogen-bond acceptors (Lipinski definition) is 6. The first-order valence-electron chi connectivity index (χ1n) is 8.46. The van der Waals surface area contributed by atoms with Crippen LogP contribution < -0.4 is 0 Å². The lowest BCUT2D eigenvalue weighted by Gasteiger charge is -2.20. The van der Waals surface area contributed by atoms with E-state index in [-0.39, 0.29) is 11.2 Å². The maximum atomic E-state index is 12.9. The Bertz CT molecular complexity index is 880. The van der Waals surface area contributed by atoms with E-state index in [1.807, 2.05) is 37.4 Å². The Morgan fingerprint density at radius 3 is 2.64 bits per heavy atom. The molecule has 2 atom stereocenters. The van der Waals surface area contributed by atoms with Gasteiger partial charge < -0.3 is 0 Å². The molecule has 2 fully saturated rings. The topological polar surface area (TPSA) is 66.4 Å². The normalized spacial score (nSPS) is 26.2. The molecule has 25 heavy (non-hydrogen) atoms. The van der Waals surface area contributed by atoms with Gasteiger partial charge >= 0.3 is 0 Å². The van der Waals surface area contributed by atoms with Gasteiger partial charge in [0.1, 0.15) is 0 Å². The van der Waals surface area contributed by atoms with Crippen LogP contribution in [0.1, 0.15) is 22.1 Å². The summed E-state index contributed by atoms with van der Waals surface area (Å²) in [6.07, 6.45) is 0. The molecule has 0 unspecified atom stereocenters. The SMILES string of the molecule is Cc1cccc(CN2C[C@@H]3CN(Cc4csc(C)n4)S(=O)(=O)[C@@H]3C2)n1. The lowest BCUT2D eigenvalue weighted by atomic mass is 10.1. The molecular weight excluding hydrogens is 356 g/mol. The van der Waals surface area contributed by atoms with E-state index in [1.54, 1.807) is 15.6 Å². The van der Waals surface area contributed by atoms with Crippen molar-refractivity contribution in [1.29, 1.82) is 0 Å². The standard InChI is InChI=1S/C17H22N4O2S2/c1-12-4-3-5-15(18-12)8-20-6-14-7-21(25(22,23)17(14)10-20)9-16-11-24-13(2)19-16/h3-5,11,14,17H,6-10H2,1-2H3/t14-,17-/m1/s1. The molecule has 0 spiro atoms. The number of aromatic nitrogens is 2. The largest absolute Gasteiger partial charge is 0.296 e. The summed E-state index contributed by atoms with van der Waals surface area (Å²) in [5.41, 5.74) is 2.85. The summed E-state index contributed by atoms with van der Waals surface area (Å²) in [5.74, 6) is 0.176. The van der Waals surface area contributed by atoms with E-state index in [2.05, 4.69) is 14.9 Å². The fraction of sp³-hybridized carbons (Fsp3) is 0.529. The van der Waals surface area contributed by atoms with Gasteiger partial charge in [0.25, 0.3) is 0 Å². The summed E-state index contributed by atoms with van der Waals surface area (Å²) in [4.78, 5) is 11.2. The number of rotatable bonds is 4. The van der Waals surface area contributed by atoms with E-state index in [0.29, 0.717) is 19.6 Å². The third-order valence-electron chi connectivity index (χ3n) is 4.97. The van der Waals surface area contributed by atoms with Gasteiger partial charge in [0.2, 0.25) is 10.0 Å². The molecule has 0 radical (unpaired) electrons. The van der Waals surface area contributed by atoms with Gasteiger partial charge in [0.05, 0.1) is 28.2 Å². The summed E-state index contributed by atoms with van der Waals surface area (Å²) in [7, 11) is -3.25. The molecule has 6 nitrogen and oxygen atoms in total. The van der Waals surface area contributed by atoms with Gasteiger partial charge in [-0.05, 0) is 26.0 Å². The van der Waals surface area contributed by atoms with Crippen LogP contribution in [0, 0.1) is 19.8 Å². The molecule has 0 amide bonds. The first-order chi connectivity index (χ1) is 11.9. The first-order valence-corrected chi connectivity index (χ1v) is 10.8. The number of likely N-dealkylation sites (tertiary alicyclic amines) is 1. The predicted molar refractivity (Wildman–Crippen MR) is 97.7 cm³/mol. The molecule has 2 saturated heterocycles. The zero-order chi connectivity index (χ0) is 17.6. The Kier molecular flexibility index (Phi) is 4.39. The quantitative estimate of drug-likeness (QED) is 0.812. The second-order valence-electron chi connectivity index (χ2n) is 6.96. The van der Waals surface area contributed by atoms with Gasteiger partial charge in [0, 0.05) is 43.2 Å². The van der Waals surface area contributed by atoms with Crippen molar-refractivity contribution in [3.05, 3.63) is 45.7 Å². The number of hydrogen-bond donors (Lipinski definition) is 0. The molecule has 0 bridgehead atoms. The van der Waals surface area contributed by atoms with Crippen LogP contribution in [0.5, 0.6) is 0 Å². The Labute approximate surface area is 152 Å². The van der Waals surface area contributed by atoms with Crippen molar-refractivity contribution in [2.24, 2.45) is 5.92 Å². The van der Waals surface area contributed by atoms with Crippen molar-refractivity contribution in [3.63, 3.8) is 0 Å². The Morgan fingerprint density at radius 2 is 1.96 bits per heavy atom. The Balaban J connectivity index is 1.44. The number of sulfonamides is 1. The summed E-state index contributed by atoms with van der Waals surface area (Å²) in [6, 6.07) is 5.99. The molecule has 4 heterocycles. The minimum Gasteiger partial charge on any atom is -0.296 e. The lowest BCUT2D eigenvalue weighted by molar-refractivity contribution is 0.291. The van der Waals surface area contributed by atoms with Crippen molar-refractivity contribution in [2.45, 2.75) is 32.2 Å². The second kappa shape index (κ2) is 6.42. The highest BCUT2D eigenvalue weighted by molar-refractivity contribution is 7.90. The van der Waals surface area contributed by atoms with E-state index in [0.717, 1.165) is 35.2 Å². The maximum Gasteiger partial charge on any atom is 0.218 e. The number of aryl methyl sites for hydroxylation is 2. The van der Waals surface area contributed by atoms with E-state index >= 15 is 0 Å². The highest BCUT2D eigenvalue weighted by atomic mass is 32.2. The van der Waals surface area contributed by atoms with Crippen LogP contribution in [0.4, 0.5) is 0 Å². The van der Waals surface area contributed by atoms with Crippen molar-refractivity contribution in [3.8, 4) is 0 Å². The van der Waals surface area contributed by atoms with Crippen molar-refractivity contribution >= 4 is 21.4 Å². The van der Waals surface area contributed by atoms with Crippen LogP contribution in [-0.4, -0.2) is 52.5 Å². The molecule has 0 N–H and O–H groups in total. The Hall–Kier alpha value is -1.35. The minimum absolute atomic E-state index is 0.176. The van der Waals surface area contributed by atoms with E-state index in [4.69, 9.17) is 0 Å². The third kappa shape index (κ3) is 3.36. The van der Waals surface area contributed by atoms with Gasteiger partial charge in [-0.15, -0.1) is 11.3 Å². The summed E-state index contributed by atoms with van der Waals surface area (Å²) in [5, 5.41) is 2.63. The van der Waals surface area contributed by atoms with Crippen molar-refractivity contribution in [2.75, 3.05) is 19.6 Å². The number of pyridine rings is 1. The first kappa shape index (κ1) is 17.1. The zero-order valence-electron chi connectivity index (χ0n) is 14.4. The van der Waals surface area contributed by atoms with Crippen LogP contribution in [-0.2, 0) is 23.1 Å². The van der Waals surface area contributed by atoms with Crippen LogP contribution in [0.25, 0.3) is 0 Å². The highest BCUT2D eigenvalue weighted by Gasteiger charge is 2.50. The van der Waals surface area contributed by atoms with E-state index in [9.17, 15) is 8.42 Å². The van der Waals surface area contributed by atoms with Crippen LogP contribution >= 0.6 is 11.3 Å². The third-order valence-corrected chi connectivity index (χ3v) is 8.09. The number of nitrogens with zero attached hydrogens (tertiary/aromatic N) is 4. The van der Waals surface area contributed by atoms with Crippen LogP contribution in [0.3, 0.4) is 0 Å². The minimum atomic E-state index is -3.25. The zero-order valence-corrected chi connectivity index (χ0v) is 16.1. The summed E-state index contributed by atoms with van der Waals surface area (Å²) in [6.45, 7) is 7.04. The van der Waals surface area contributed by atoms with Crippen molar-refractivity contribution < 1.29 is 8.42 Å². The average Bonchev–Trinajstić information content (AvgIpc) is 3.18. The molecule has 2 aliphatic rings. The molecule has 134 valence electrons. The maximum absolute atomic E-state index is 12.9. The fourth-order valence-electron chi connectivity index (χ4n) is 3.86. The summed E-state index contributed by atoms with van der Waals surface area (Å²) >= 11 is 1.56. The predicted octanol–water partition coefficient (Wildman–Crippen LogP) is 1.80. The van der Waals surface area contributed by atoms with Crippen LogP contribution in [0.15, 0.2) is 23.6 Å². The smallest absolute Gasteiger partial charge is 0.218 e. The number of thiazole rings is 1. The fourth-order valence-corrected chi connectivity index (χ4v) is 6.61. The molecule has 8 heteroatoms. The van der Waals surface area contributed by atoms with E-state index < -0.39 is 10.0 Å². The van der Waals surface area contributed by atoms with Gasteiger partial charge in [-0.3, -0.25) is 9.88 Å². The molecule has 2 aromatic rings. The molecule has 0 saturated carbocycles. The average molecular weight is 379 g/mol. The number of fused-ring (bicyclic) bond motifs is 1. The van der Waals surface area contributed by atoms with Crippen molar-refractivity contribution in [1.82, 2.24) is 19.2 Å². The molecule has 0 aromatic carbocycles. The second-order valence-corrected chi connectivity index (χ2v) is 10.2. The van der Waals surface area contributed by atoms with Crippen LogP contribution in [0.2, 0.25) is 0 Å². The molecular formula is C17H22N4O2S2. The molecule has 2 aliphatic heterocycles. The molecule has 4 rings (SSSR count). The molecule has 2 aromatic heterocycles. The van der Waals surface area contributed by atoms with Gasteiger partial charge in [-0.1, -0.05) is 6.07 Å². The summed E-state index contributed by atoms with van der Waals surface area (Å²) < 4.78 is 27.4.